The van der Waals surface area contributed by atoms with E-state index in [9.17, 15) is 14.9 Å². The molecule has 0 saturated carbocycles. The molecule has 0 radical (unpaired) electrons. The summed E-state index contributed by atoms with van der Waals surface area (Å²) >= 11 is 3.04. The summed E-state index contributed by atoms with van der Waals surface area (Å²) in [5.41, 5.74) is 1.12. The quantitative estimate of drug-likeness (QED) is 0.677. The van der Waals surface area contributed by atoms with Gasteiger partial charge in [0, 0.05) is 6.07 Å². The minimum absolute atomic E-state index is 0.0540. The van der Waals surface area contributed by atoms with Crippen LogP contribution in [0.25, 0.3) is 0 Å². The molecule has 80 valence electrons. The van der Waals surface area contributed by atoms with Gasteiger partial charge in [0.25, 0.3) is 5.69 Å². The molecule has 6 heteroatoms. The van der Waals surface area contributed by atoms with Crippen LogP contribution >= 0.6 is 15.9 Å². The Hall–Kier alpha value is -1.43. The highest BCUT2D eigenvalue weighted by molar-refractivity contribution is 9.10. The lowest BCUT2D eigenvalue weighted by atomic mass is 10.1. The number of rotatable bonds is 3. The van der Waals surface area contributed by atoms with Crippen LogP contribution in [0, 0.1) is 17.0 Å². The second kappa shape index (κ2) is 4.39. The van der Waals surface area contributed by atoms with Crippen molar-refractivity contribution in [1.29, 1.82) is 0 Å². The predicted molar refractivity (Wildman–Crippen MR) is 56.9 cm³/mol. The summed E-state index contributed by atoms with van der Waals surface area (Å²) < 4.78 is 0.300. The van der Waals surface area contributed by atoms with E-state index in [4.69, 9.17) is 5.11 Å². The topological polar surface area (TPSA) is 80.4 Å². The van der Waals surface area contributed by atoms with Crippen molar-refractivity contribution in [1.82, 2.24) is 0 Å². The molecule has 0 aliphatic carbocycles. The second-order valence-electron chi connectivity index (χ2n) is 3.06. The molecule has 0 aromatic heterocycles. The lowest BCUT2D eigenvalue weighted by Gasteiger charge is -2.04. The van der Waals surface area contributed by atoms with Crippen LogP contribution in [0.5, 0.6) is 0 Å². The molecule has 0 aliphatic heterocycles. The molecule has 0 bridgehead atoms. The number of carbonyl (C=O) groups is 1. The Kier molecular flexibility index (Phi) is 3.41. The third-order valence-electron chi connectivity index (χ3n) is 1.94. The Morgan fingerprint density at radius 2 is 2.20 bits per heavy atom. The van der Waals surface area contributed by atoms with Crippen molar-refractivity contribution >= 4 is 27.6 Å². The van der Waals surface area contributed by atoms with E-state index < -0.39 is 10.9 Å². The van der Waals surface area contributed by atoms with Gasteiger partial charge in [-0.15, -0.1) is 0 Å². The normalized spacial score (nSPS) is 10.0. The lowest BCUT2D eigenvalue weighted by molar-refractivity contribution is -0.385. The Labute approximate surface area is 94.0 Å². The van der Waals surface area contributed by atoms with Gasteiger partial charge in [0.1, 0.15) is 0 Å². The number of halogens is 1. The second-order valence-corrected chi connectivity index (χ2v) is 3.91. The van der Waals surface area contributed by atoms with Gasteiger partial charge < -0.3 is 5.11 Å². The third-order valence-corrected chi connectivity index (χ3v) is 2.58. The molecule has 0 saturated heterocycles. The summed E-state index contributed by atoms with van der Waals surface area (Å²) in [6.07, 6.45) is -0.136. The van der Waals surface area contributed by atoms with Gasteiger partial charge in [-0.2, -0.15) is 0 Å². The Morgan fingerprint density at radius 1 is 1.60 bits per heavy atom. The van der Waals surface area contributed by atoms with Crippen molar-refractivity contribution in [2.24, 2.45) is 0 Å². The summed E-state index contributed by atoms with van der Waals surface area (Å²) in [6.45, 7) is 1.65. The largest absolute Gasteiger partial charge is 0.481 e. The first-order valence-corrected chi connectivity index (χ1v) is 4.86. The molecule has 0 unspecified atom stereocenters. The van der Waals surface area contributed by atoms with Crippen molar-refractivity contribution in [3.8, 4) is 0 Å². The maximum atomic E-state index is 10.6. The molecule has 1 aromatic carbocycles. The van der Waals surface area contributed by atoms with Crippen molar-refractivity contribution in [2.45, 2.75) is 13.3 Å². The monoisotopic (exact) mass is 273 g/mol. The number of nitrogens with zero attached hydrogens (tertiary/aromatic N) is 1. The van der Waals surface area contributed by atoms with Gasteiger partial charge in [0.15, 0.2) is 0 Å². The fraction of sp³-hybridized carbons (Fsp3) is 0.222. The summed E-state index contributed by atoms with van der Waals surface area (Å²) in [4.78, 5) is 20.6. The molecule has 1 N–H and O–H groups in total. The van der Waals surface area contributed by atoms with E-state index in [1.54, 1.807) is 6.92 Å². The molecule has 0 aliphatic rings. The molecular formula is C9H8BrNO4. The van der Waals surface area contributed by atoms with E-state index in [2.05, 4.69) is 15.9 Å². The van der Waals surface area contributed by atoms with Gasteiger partial charge in [-0.3, -0.25) is 14.9 Å². The maximum Gasteiger partial charge on any atom is 0.307 e. The van der Waals surface area contributed by atoms with Crippen LogP contribution in [-0.4, -0.2) is 16.0 Å². The number of nitro benzene ring substituents is 1. The lowest BCUT2D eigenvalue weighted by Crippen LogP contribution is -2.03. The van der Waals surface area contributed by atoms with Gasteiger partial charge in [0.2, 0.25) is 0 Å². The number of aryl methyl sites for hydroxylation is 1. The van der Waals surface area contributed by atoms with Crippen LogP contribution < -0.4 is 0 Å². The van der Waals surface area contributed by atoms with Gasteiger partial charge in [-0.25, -0.2) is 0 Å². The van der Waals surface area contributed by atoms with Crippen molar-refractivity contribution < 1.29 is 14.8 Å². The average molecular weight is 274 g/mol. The van der Waals surface area contributed by atoms with E-state index in [1.165, 1.54) is 12.1 Å². The smallest absolute Gasteiger partial charge is 0.307 e. The van der Waals surface area contributed by atoms with E-state index >= 15 is 0 Å². The van der Waals surface area contributed by atoms with Crippen LogP contribution in [-0.2, 0) is 11.2 Å². The first kappa shape index (κ1) is 11.6. The highest BCUT2D eigenvalue weighted by atomic mass is 79.9. The molecule has 15 heavy (non-hydrogen) atoms. The number of nitro groups is 1. The number of benzene rings is 1. The standard InChI is InChI=1S/C9H8BrNO4/c1-5-2-8(11(14)15)7(10)3-6(5)4-9(12)13/h2-3H,4H2,1H3,(H,12,13). The molecule has 0 fully saturated rings. The van der Waals surface area contributed by atoms with Crippen LogP contribution in [0.15, 0.2) is 16.6 Å². The highest BCUT2D eigenvalue weighted by Crippen LogP contribution is 2.28. The minimum atomic E-state index is -0.959. The minimum Gasteiger partial charge on any atom is -0.481 e. The molecule has 0 spiro atoms. The molecule has 0 amide bonds. The highest BCUT2D eigenvalue weighted by Gasteiger charge is 2.15. The first-order valence-electron chi connectivity index (χ1n) is 4.07. The SMILES string of the molecule is Cc1cc([N+](=O)[O-])c(Br)cc1CC(=O)O. The Balaban J connectivity index is 3.19. The van der Waals surface area contributed by atoms with E-state index in [0.717, 1.165) is 0 Å². The maximum absolute atomic E-state index is 10.6. The summed E-state index contributed by atoms with van der Waals surface area (Å²) in [6, 6.07) is 2.84. The number of hydrogen-bond acceptors (Lipinski definition) is 3. The zero-order valence-electron chi connectivity index (χ0n) is 7.86. The van der Waals surface area contributed by atoms with Gasteiger partial charge in [0.05, 0.1) is 15.8 Å². The number of carboxylic acids is 1. The van der Waals surface area contributed by atoms with Gasteiger partial charge >= 0.3 is 5.97 Å². The van der Waals surface area contributed by atoms with Crippen LogP contribution in [0.1, 0.15) is 11.1 Å². The summed E-state index contributed by atoms with van der Waals surface area (Å²) in [5, 5.41) is 19.2. The van der Waals surface area contributed by atoms with Crippen LogP contribution in [0.2, 0.25) is 0 Å². The summed E-state index contributed by atoms with van der Waals surface area (Å²) in [7, 11) is 0. The molecule has 1 aromatic rings. The van der Waals surface area contributed by atoms with Crippen molar-refractivity contribution in [2.75, 3.05) is 0 Å². The summed E-state index contributed by atoms with van der Waals surface area (Å²) in [5.74, 6) is -0.959. The number of carboxylic acid groups (broad SMARTS) is 1. The van der Waals surface area contributed by atoms with Crippen molar-refractivity contribution in [3.63, 3.8) is 0 Å². The third kappa shape index (κ3) is 2.76. The van der Waals surface area contributed by atoms with Crippen LogP contribution in [0.4, 0.5) is 5.69 Å². The van der Waals surface area contributed by atoms with Gasteiger partial charge in [-0.1, -0.05) is 0 Å². The zero-order chi connectivity index (χ0) is 11.6. The Bertz CT molecular complexity index is 430. The fourth-order valence-corrected chi connectivity index (χ4v) is 1.74. The molecule has 0 heterocycles. The first-order chi connectivity index (χ1) is 6.91. The average Bonchev–Trinajstić information content (AvgIpc) is 2.09. The number of aliphatic carboxylic acids is 1. The van der Waals surface area contributed by atoms with Gasteiger partial charge in [-0.05, 0) is 40.0 Å². The van der Waals surface area contributed by atoms with E-state index in [0.29, 0.717) is 15.6 Å². The van der Waals surface area contributed by atoms with E-state index in [1.807, 2.05) is 0 Å². The molecule has 5 nitrogen and oxygen atoms in total. The molecule has 1 rings (SSSR count). The predicted octanol–water partition coefficient (Wildman–Crippen LogP) is 2.29. The number of hydrogen-bond donors (Lipinski definition) is 1. The van der Waals surface area contributed by atoms with Crippen LogP contribution in [0.3, 0.4) is 0 Å². The fourth-order valence-electron chi connectivity index (χ4n) is 1.20. The van der Waals surface area contributed by atoms with E-state index in [-0.39, 0.29) is 12.1 Å². The Morgan fingerprint density at radius 3 is 2.67 bits per heavy atom. The molecular weight excluding hydrogens is 266 g/mol. The van der Waals surface area contributed by atoms with Crippen molar-refractivity contribution in [3.05, 3.63) is 37.8 Å². The molecule has 0 atom stereocenters. The zero-order valence-corrected chi connectivity index (χ0v) is 9.44.